The predicted octanol–water partition coefficient (Wildman–Crippen LogP) is 2.20. The summed E-state index contributed by atoms with van der Waals surface area (Å²) in [5, 5.41) is 9.15. The Morgan fingerprint density at radius 3 is 3.25 bits per heavy atom. The molecule has 0 aliphatic carbocycles. The van der Waals surface area contributed by atoms with E-state index in [4.69, 9.17) is 4.98 Å². The first kappa shape index (κ1) is 14.4. The van der Waals surface area contributed by atoms with Gasteiger partial charge in [0.15, 0.2) is 0 Å². The van der Waals surface area contributed by atoms with Crippen LogP contribution in [0.1, 0.15) is 23.3 Å². The molecule has 1 N–H and O–H groups in total. The zero-order valence-electron chi connectivity index (χ0n) is 13.5. The highest BCUT2D eigenvalue weighted by Crippen LogP contribution is 2.39. The SMILES string of the molecule is c1cnn(CC2CCCN2c2ncnc3sc4c(c23)CCNC4)c1. The number of nitrogens with zero attached hydrogens (tertiary/aromatic N) is 5. The van der Waals surface area contributed by atoms with Gasteiger partial charge in [0, 0.05) is 30.4 Å². The second-order valence-corrected chi connectivity index (χ2v) is 7.61. The number of nitrogens with one attached hydrogen (secondary N) is 1. The van der Waals surface area contributed by atoms with E-state index >= 15 is 0 Å². The minimum absolute atomic E-state index is 0.459. The largest absolute Gasteiger partial charge is 0.351 e. The summed E-state index contributed by atoms with van der Waals surface area (Å²) in [6.07, 6.45) is 9.11. The zero-order chi connectivity index (χ0) is 15.9. The van der Waals surface area contributed by atoms with Gasteiger partial charge in [-0.25, -0.2) is 9.97 Å². The minimum atomic E-state index is 0.459. The van der Waals surface area contributed by atoms with Crippen LogP contribution in [-0.2, 0) is 19.5 Å². The van der Waals surface area contributed by atoms with Crippen molar-refractivity contribution in [2.75, 3.05) is 18.0 Å². The Balaban J connectivity index is 1.56. The Kier molecular flexibility index (Phi) is 3.48. The van der Waals surface area contributed by atoms with Crippen molar-refractivity contribution >= 4 is 27.4 Å². The van der Waals surface area contributed by atoms with Gasteiger partial charge in [0.05, 0.1) is 18.0 Å². The Hall–Kier alpha value is -1.99. The Labute approximate surface area is 144 Å². The summed E-state index contributed by atoms with van der Waals surface area (Å²) in [4.78, 5) is 14.3. The topological polar surface area (TPSA) is 58.9 Å². The molecule has 0 saturated carbocycles. The van der Waals surface area contributed by atoms with Crippen LogP contribution in [0, 0.1) is 0 Å². The van der Waals surface area contributed by atoms with Gasteiger partial charge >= 0.3 is 0 Å². The molecule has 2 aliphatic rings. The lowest BCUT2D eigenvalue weighted by molar-refractivity contribution is 0.508. The van der Waals surface area contributed by atoms with Crippen molar-refractivity contribution < 1.29 is 0 Å². The van der Waals surface area contributed by atoms with Gasteiger partial charge in [-0.2, -0.15) is 5.10 Å². The third-order valence-electron chi connectivity index (χ3n) is 5.09. The summed E-state index contributed by atoms with van der Waals surface area (Å²) in [5.41, 5.74) is 1.47. The van der Waals surface area contributed by atoms with Crippen molar-refractivity contribution in [1.29, 1.82) is 0 Å². The first-order chi connectivity index (χ1) is 11.9. The van der Waals surface area contributed by atoms with Crippen molar-refractivity contribution in [2.45, 2.75) is 38.4 Å². The third kappa shape index (κ3) is 2.31. The van der Waals surface area contributed by atoms with E-state index < -0.39 is 0 Å². The van der Waals surface area contributed by atoms with Gasteiger partial charge in [-0.05, 0) is 37.4 Å². The molecular formula is C17H20N6S. The average molecular weight is 340 g/mol. The normalized spacial score (nSPS) is 20.7. The monoisotopic (exact) mass is 340 g/mol. The summed E-state index contributed by atoms with van der Waals surface area (Å²) in [7, 11) is 0. The molecule has 2 aliphatic heterocycles. The highest BCUT2D eigenvalue weighted by atomic mass is 32.1. The molecule has 7 heteroatoms. The Bertz CT molecular complexity index is 855. The fourth-order valence-electron chi connectivity index (χ4n) is 3.99. The lowest BCUT2D eigenvalue weighted by Crippen LogP contribution is -2.34. The van der Waals surface area contributed by atoms with Crippen molar-refractivity contribution in [1.82, 2.24) is 25.1 Å². The van der Waals surface area contributed by atoms with E-state index in [1.54, 1.807) is 6.33 Å². The van der Waals surface area contributed by atoms with Gasteiger partial charge in [-0.15, -0.1) is 11.3 Å². The molecule has 3 aromatic rings. The van der Waals surface area contributed by atoms with Gasteiger partial charge in [-0.1, -0.05) is 0 Å². The fourth-order valence-corrected chi connectivity index (χ4v) is 5.14. The highest BCUT2D eigenvalue weighted by Gasteiger charge is 2.30. The standard InChI is InChI=1S/C17H20N6S/c1-3-12(10-22-7-2-5-21-22)23(8-1)16-15-13-4-6-18-9-14(13)24-17(15)20-11-19-16/h2,5,7,11-12,18H,1,3-4,6,8-10H2. The van der Waals surface area contributed by atoms with E-state index in [1.165, 1.54) is 28.7 Å². The van der Waals surface area contributed by atoms with Crippen molar-refractivity contribution in [2.24, 2.45) is 0 Å². The molecule has 0 aromatic carbocycles. The molecule has 3 aromatic heterocycles. The summed E-state index contributed by atoms with van der Waals surface area (Å²) in [5.74, 6) is 1.13. The number of hydrogen-bond donors (Lipinski definition) is 1. The predicted molar refractivity (Wildman–Crippen MR) is 95.4 cm³/mol. The van der Waals surface area contributed by atoms with E-state index in [-0.39, 0.29) is 0 Å². The summed E-state index contributed by atoms with van der Waals surface area (Å²) < 4.78 is 2.04. The minimum Gasteiger partial charge on any atom is -0.351 e. The molecule has 1 unspecified atom stereocenters. The Morgan fingerprint density at radius 1 is 1.33 bits per heavy atom. The van der Waals surface area contributed by atoms with Crippen LogP contribution in [0.5, 0.6) is 0 Å². The van der Waals surface area contributed by atoms with Gasteiger partial charge in [0.25, 0.3) is 0 Å². The number of thiophene rings is 1. The molecule has 5 rings (SSSR count). The molecule has 1 atom stereocenters. The van der Waals surface area contributed by atoms with Gasteiger partial charge in [-0.3, -0.25) is 4.68 Å². The molecule has 24 heavy (non-hydrogen) atoms. The van der Waals surface area contributed by atoms with Crippen LogP contribution in [0.3, 0.4) is 0 Å². The van der Waals surface area contributed by atoms with Crippen LogP contribution in [-0.4, -0.2) is 38.9 Å². The van der Waals surface area contributed by atoms with E-state index in [2.05, 4.69) is 20.3 Å². The molecule has 5 heterocycles. The molecule has 0 spiro atoms. The number of anilines is 1. The maximum absolute atomic E-state index is 4.72. The average Bonchev–Trinajstić information content (AvgIpc) is 3.34. The maximum Gasteiger partial charge on any atom is 0.141 e. The van der Waals surface area contributed by atoms with E-state index in [0.717, 1.165) is 43.2 Å². The van der Waals surface area contributed by atoms with Crippen LogP contribution >= 0.6 is 11.3 Å². The Morgan fingerprint density at radius 2 is 2.33 bits per heavy atom. The highest BCUT2D eigenvalue weighted by molar-refractivity contribution is 7.19. The van der Waals surface area contributed by atoms with Crippen LogP contribution in [0.4, 0.5) is 5.82 Å². The zero-order valence-corrected chi connectivity index (χ0v) is 14.3. The second-order valence-electron chi connectivity index (χ2n) is 6.53. The summed E-state index contributed by atoms with van der Waals surface area (Å²) >= 11 is 1.82. The molecular weight excluding hydrogens is 320 g/mol. The molecule has 0 radical (unpaired) electrons. The van der Waals surface area contributed by atoms with Gasteiger partial charge in [0.1, 0.15) is 17.0 Å². The van der Waals surface area contributed by atoms with Gasteiger partial charge in [0.2, 0.25) is 0 Å². The van der Waals surface area contributed by atoms with Crippen LogP contribution in [0.15, 0.2) is 24.8 Å². The molecule has 0 amide bonds. The lowest BCUT2D eigenvalue weighted by atomic mass is 10.1. The van der Waals surface area contributed by atoms with Gasteiger partial charge < -0.3 is 10.2 Å². The van der Waals surface area contributed by atoms with Crippen LogP contribution in [0.25, 0.3) is 10.2 Å². The van der Waals surface area contributed by atoms with Crippen molar-refractivity contribution in [3.63, 3.8) is 0 Å². The lowest BCUT2D eigenvalue weighted by Gasteiger charge is -2.27. The maximum atomic E-state index is 4.72. The molecule has 6 nitrogen and oxygen atoms in total. The number of rotatable bonds is 3. The van der Waals surface area contributed by atoms with E-state index in [0.29, 0.717) is 6.04 Å². The molecule has 1 fully saturated rings. The van der Waals surface area contributed by atoms with E-state index in [9.17, 15) is 0 Å². The smallest absolute Gasteiger partial charge is 0.141 e. The molecule has 0 bridgehead atoms. The first-order valence-corrected chi connectivity index (χ1v) is 9.42. The van der Waals surface area contributed by atoms with Crippen molar-refractivity contribution in [3.05, 3.63) is 35.2 Å². The number of fused-ring (bicyclic) bond motifs is 3. The molecule has 1 saturated heterocycles. The molecule has 124 valence electrons. The summed E-state index contributed by atoms with van der Waals surface area (Å²) in [6.45, 7) is 4.00. The van der Waals surface area contributed by atoms with Crippen LogP contribution < -0.4 is 10.2 Å². The quantitative estimate of drug-likeness (QED) is 0.792. The first-order valence-electron chi connectivity index (χ1n) is 8.60. The van der Waals surface area contributed by atoms with E-state index in [1.807, 2.05) is 34.5 Å². The van der Waals surface area contributed by atoms with Crippen LogP contribution in [0.2, 0.25) is 0 Å². The number of aromatic nitrogens is 4. The number of hydrogen-bond acceptors (Lipinski definition) is 6. The summed E-state index contributed by atoms with van der Waals surface area (Å²) in [6, 6.07) is 2.45. The van der Waals surface area contributed by atoms with Crippen molar-refractivity contribution in [3.8, 4) is 0 Å². The fraction of sp³-hybridized carbons (Fsp3) is 0.471. The third-order valence-corrected chi connectivity index (χ3v) is 6.23. The second kappa shape index (κ2) is 5.82.